The highest BCUT2D eigenvalue weighted by atomic mass is 16.1. The Morgan fingerprint density at radius 2 is 1.91 bits per heavy atom. The van der Waals surface area contributed by atoms with Gasteiger partial charge in [-0.25, -0.2) is 4.68 Å². The molecule has 0 amide bonds. The lowest BCUT2D eigenvalue weighted by Gasteiger charge is -2.34. The predicted octanol–water partition coefficient (Wildman–Crippen LogP) is 3.16. The molecule has 2 aliphatic rings. The third kappa shape index (κ3) is 2.27. The minimum atomic E-state index is -0.178. The lowest BCUT2D eigenvalue weighted by molar-refractivity contribution is -0.117. The van der Waals surface area contributed by atoms with Crippen molar-refractivity contribution in [2.75, 3.05) is 5.32 Å². The Hall–Kier alpha value is -2.43. The van der Waals surface area contributed by atoms with Gasteiger partial charge in [-0.2, -0.15) is 10.1 Å². The van der Waals surface area contributed by atoms with Crippen LogP contribution in [0.3, 0.4) is 0 Å². The second-order valence-corrected chi connectivity index (χ2v) is 6.69. The standard InChI is InChI=1S/C18H20N4O/c1-10-4-6-13(7-5-10)17-16-14(8-11(2)9-15(16)23)20-18-19-12(3)21-22(17)18/h4-7,11,17H,8-9H2,1-3H3,(H,19,20,21)/t11-,17+/m1/s1. The first-order chi connectivity index (χ1) is 11.0. The summed E-state index contributed by atoms with van der Waals surface area (Å²) in [5, 5.41) is 7.87. The van der Waals surface area contributed by atoms with E-state index < -0.39 is 0 Å². The van der Waals surface area contributed by atoms with E-state index in [4.69, 9.17) is 0 Å². The number of benzene rings is 1. The molecule has 1 aromatic heterocycles. The largest absolute Gasteiger partial charge is 0.328 e. The fraction of sp³-hybridized carbons (Fsp3) is 0.389. The van der Waals surface area contributed by atoms with Crippen LogP contribution in [0.5, 0.6) is 0 Å². The van der Waals surface area contributed by atoms with Gasteiger partial charge >= 0.3 is 0 Å². The van der Waals surface area contributed by atoms with Crippen molar-refractivity contribution in [3.05, 3.63) is 52.5 Å². The van der Waals surface area contributed by atoms with Crippen molar-refractivity contribution < 1.29 is 4.79 Å². The molecule has 4 rings (SSSR count). The van der Waals surface area contributed by atoms with E-state index in [1.807, 2.05) is 11.6 Å². The molecule has 23 heavy (non-hydrogen) atoms. The Morgan fingerprint density at radius 3 is 2.65 bits per heavy atom. The molecule has 0 saturated carbocycles. The highest BCUT2D eigenvalue weighted by Gasteiger charge is 2.38. The number of aromatic nitrogens is 3. The summed E-state index contributed by atoms with van der Waals surface area (Å²) in [5.74, 6) is 2.03. The van der Waals surface area contributed by atoms with Crippen molar-refractivity contribution >= 4 is 11.7 Å². The second-order valence-electron chi connectivity index (χ2n) is 6.69. The van der Waals surface area contributed by atoms with Crippen molar-refractivity contribution in [1.29, 1.82) is 0 Å². The van der Waals surface area contributed by atoms with E-state index in [1.54, 1.807) is 0 Å². The minimum Gasteiger partial charge on any atom is -0.328 e. The molecule has 118 valence electrons. The molecule has 1 aliphatic carbocycles. The zero-order valence-electron chi connectivity index (χ0n) is 13.6. The van der Waals surface area contributed by atoms with Crippen molar-refractivity contribution in [3.63, 3.8) is 0 Å². The van der Waals surface area contributed by atoms with E-state index in [-0.39, 0.29) is 11.8 Å². The first-order valence-electron chi connectivity index (χ1n) is 8.06. The number of fused-ring (bicyclic) bond motifs is 1. The Balaban J connectivity index is 1.91. The van der Waals surface area contributed by atoms with Gasteiger partial charge in [0.05, 0.1) is 0 Å². The first-order valence-corrected chi connectivity index (χ1v) is 8.06. The summed E-state index contributed by atoms with van der Waals surface area (Å²) in [6.45, 7) is 6.06. The van der Waals surface area contributed by atoms with Gasteiger partial charge in [0, 0.05) is 17.7 Å². The van der Waals surface area contributed by atoms with Crippen LogP contribution in [0.15, 0.2) is 35.5 Å². The molecule has 0 unspecified atom stereocenters. The summed E-state index contributed by atoms with van der Waals surface area (Å²) in [6.07, 6.45) is 1.49. The Kier molecular flexibility index (Phi) is 3.11. The van der Waals surface area contributed by atoms with Crippen LogP contribution >= 0.6 is 0 Å². The Morgan fingerprint density at radius 1 is 1.17 bits per heavy atom. The van der Waals surface area contributed by atoms with E-state index in [1.165, 1.54) is 5.56 Å². The summed E-state index contributed by atoms with van der Waals surface area (Å²) >= 11 is 0. The third-order valence-corrected chi connectivity index (χ3v) is 4.62. The molecule has 2 aromatic rings. The van der Waals surface area contributed by atoms with Gasteiger partial charge in [0.1, 0.15) is 11.9 Å². The topological polar surface area (TPSA) is 59.8 Å². The summed E-state index contributed by atoms with van der Waals surface area (Å²) in [6, 6.07) is 8.15. The van der Waals surface area contributed by atoms with Crippen LogP contribution in [0.4, 0.5) is 5.95 Å². The number of Topliss-reactive ketones (excluding diaryl/α,β-unsaturated/α-hetero) is 1. The smallest absolute Gasteiger partial charge is 0.226 e. The SMILES string of the molecule is Cc1ccc([C@H]2C3=C(C[C@@H](C)CC3=O)Nc3nc(C)nn32)cc1. The molecule has 1 aliphatic heterocycles. The summed E-state index contributed by atoms with van der Waals surface area (Å²) in [7, 11) is 0. The fourth-order valence-corrected chi connectivity index (χ4v) is 3.57. The van der Waals surface area contributed by atoms with Crippen LogP contribution in [0.25, 0.3) is 0 Å². The van der Waals surface area contributed by atoms with Gasteiger partial charge in [0.15, 0.2) is 5.78 Å². The van der Waals surface area contributed by atoms with Crippen LogP contribution in [0.2, 0.25) is 0 Å². The summed E-state index contributed by atoms with van der Waals surface area (Å²) in [4.78, 5) is 17.2. The molecule has 5 heteroatoms. The Bertz CT molecular complexity index is 816. The second kappa shape index (κ2) is 5.05. The fourth-order valence-electron chi connectivity index (χ4n) is 3.57. The Labute approximate surface area is 135 Å². The molecule has 1 N–H and O–H groups in total. The number of anilines is 1. The van der Waals surface area contributed by atoms with E-state index in [2.05, 4.69) is 53.5 Å². The highest BCUT2D eigenvalue weighted by Crippen LogP contribution is 2.41. The lowest BCUT2D eigenvalue weighted by atomic mass is 9.81. The normalized spacial score (nSPS) is 23.3. The van der Waals surface area contributed by atoms with Crippen LogP contribution in [-0.2, 0) is 4.79 Å². The monoisotopic (exact) mass is 308 g/mol. The average molecular weight is 308 g/mol. The number of carbonyl (C=O) groups excluding carboxylic acids is 1. The number of carbonyl (C=O) groups is 1. The van der Waals surface area contributed by atoms with Gasteiger partial charge < -0.3 is 5.32 Å². The van der Waals surface area contributed by atoms with Crippen LogP contribution in [-0.4, -0.2) is 20.5 Å². The van der Waals surface area contributed by atoms with E-state index >= 15 is 0 Å². The van der Waals surface area contributed by atoms with Crippen molar-refractivity contribution in [1.82, 2.24) is 14.8 Å². The number of hydrogen-bond acceptors (Lipinski definition) is 4. The number of hydrogen-bond donors (Lipinski definition) is 1. The molecule has 2 heterocycles. The van der Waals surface area contributed by atoms with Crippen LogP contribution in [0, 0.1) is 19.8 Å². The molecule has 0 spiro atoms. The minimum absolute atomic E-state index is 0.178. The van der Waals surface area contributed by atoms with Gasteiger partial charge in [-0.3, -0.25) is 4.79 Å². The zero-order valence-corrected chi connectivity index (χ0v) is 13.6. The maximum absolute atomic E-state index is 12.7. The molecule has 5 nitrogen and oxygen atoms in total. The number of nitrogens with zero attached hydrogens (tertiary/aromatic N) is 3. The first kappa shape index (κ1) is 14.2. The van der Waals surface area contributed by atoms with Crippen molar-refractivity contribution in [2.24, 2.45) is 5.92 Å². The molecule has 0 radical (unpaired) electrons. The maximum Gasteiger partial charge on any atom is 0.226 e. The van der Waals surface area contributed by atoms with E-state index in [0.717, 1.165) is 29.2 Å². The quantitative estimate of drug-likeness (QED) is 0.879. The molecule has 0 fully saturated rings. The molecular formula is C18H20N4O. The molecule has 1 aromatic carbocycles. The zero-order chi connectivity index (χ0) is 16.1. The maximum atomic E-state index is 12.7. The number of ketones is 1. The van der Waals surface area contributed by atoms with Crippen molar-refractivity contribution in [3.8, 4) is 0 Å². The predicted molar refractivity (Wildman–Crippen MR) is 88.1 cm³/mol. The number of allylic oxidation sites excluding steroid dienone is 2. The summed E-state index contributed by atoms with van der Waals surface area (Å²) < 4.78 is 1.85. The third-order valence-electron chi connectivity index (χ3n) is 4.62. The molecule has 2 atom stereocenters. The van der Waals surface area contributed by atoms with Gasteiger partial charge in [-0.1, -0.05) is 36.8 Å². The van der Waals surface area contributed by atoms with Crippen molar-refractivity contribution in [2.45, 2.75) is 39.7 Å². The van der Waals surface area contributed by atoms with E-state index in [9.17, 15) is 4.79 Å². The number of nitrogens with one attached hydrogen (secondary N) is 1. The lowest BCUT2D eigenvalue weighted by Crippen LogP contribution is -2.33. The van der Waals surface area contributed by atoms with E-state index in [0.29, 0.717) is 18.2 Å². The molecule has 0 bridgehead atoms. The average Bonchev–Trinajstić information content (AvgIpc) is 2.85. The number of rotatable bonds is 1. The molecule has 0 saturated heterocycles. The van der Waals surface area contributed by atoms with Gasteiger partial charge in [0.2, 0.25) is 5.95 Å². The highest BCUT2D eigenvalue weighted by molar-refractivity contribution is 5.99. The van der Waals surface area contributed by atoms with Crippen LogP contribution in [0.1, 0.15) is 42.8 Å². The van der Waals surface area contributed by atoms with Gasteiger partial charge in [-0.15, -0.1) is 0 Å². The summed E-state index contributed by atoms with van der Waals surface area (Å²) in [5.41, 5.74) is 4.15. The van der Waals surface area contributed by atoms with Crippen LogP contribution < -0.4 is 5.32 Å². The van der Waals surface area contributed by atoms with Gasteiger partial charge in [-0.05, 0) is 31.7 Å². The molecular weight excluding hydrogens is 288 g/mol. The van der Waals surface area contributed by atoms with Gasteiger partial charge in [0.25, 0.3) is 0 Å². The number of aryl methyl sites for hydroxylation is 2.